The van der Waals surface area contributed by atoms with Gasteiger partial charge in [-0.3, -0.25) is 9.59 Å². The normalized spacial score (nSPS) is 11.3. The van der Waals surface area contributed by atoms with Crippen LogP contribution in [0.25, 0.3) is 11.0 Å². The van der Waals surface area contributed by atoms with Crippen LogP contribution >= 0.6 is 0 Å². The van der Waals surface area contributed by atoms with Gasteiger partial charge in [-0.25, -0.2) is 13.4 Å². The molecule has 0 fully saturated rings. The van der Waals surface area contributed by atoms with Crippen molar-refractivity contribution in [3.05, 3.63) is 82.8 Å². The van der Waals surface area contributed by atoms with Crippen molar-refractivity contribution in [2.24, 2.45) is 0 Å². The summed E-state index contributed by atoms with van der Waals surface area (Å²) in [6.45, 7) is 1.45. The zero-order valence-electron chi connectivity index (χ0n) is 19.3. The smallest absolute Gasteiger partial charge is 0.244 e. The number of benzene rings is 2. The highest BCUT2D eigenvalue weighted by Crippen LogP contribution is 2.26. The van der Waals surface area contributed by atoms with E-state index in [0.29, 0.717) is 22.9 Å². The molecule has 0 bridgehead atoms. The molecule has 0 aliphatic rings. The molecule has 4 aromatic rings. The van der Waals surface area contributed by atoms with Gasteiger partial charge >= 0.3 is 0 Å². The summed E-state index contributed by atoms with van der Waals surface area (Å²) >= 11 is 0. The maximum atomic E-state index is 13.3. The largest absolute Gasteiger partial charge is 0.497 e. The molecular weight excluding hydrogens is 470 g/mol. The Labute approximate surface area is 201 Å². The lowest BCUT2D eigenvalue weighted by atomic mass is 10.2. The SMILES string of the molecule is COc1cc(NC(=O)Cn2cc(S(=O)(=O)c3ccccc3)c(=O)c3ccc(C)nc32)cc(OC)c1. The maximum Gasteiger partial charge on any atom is 0.244 e. The minimum absolute atomic E-state index is 0.0176. The van der Waals surface area contributed by atoms with Gasteiger partial charge in [0, 0.05) is 35.8 Å². The molecule has 0 atom stereocenters. The number of ether oxygens (including phenoxy) is 2. The average molecular weight is 494 g/mol. The van der Waals surface area contributed by atoms with Gasteiger partial charge in [0.05, 0.1) is 24.5 Å². The Balaban J connectivity index is 1.79. The molecule has 2 aromatic heterocycles. The molecule has 4 rings (SSSR count). The van der Waals surface area contributed by atoms with Crippen molar-refractivity contribution in [2.45, 2.75) is 23.3 Å². The molecule has 35 heavy (non-hydrogen) atoms. The van der Waals surface area contributed by atoms with E-state index in [4.69, 9.17) is 9.47 Å². The van der Waals surface area contributed by atoms with E-state index in [2.05, 4.69) is 10.3 Å². The Morgan fingerprint density at radius 2 is 1.66 bits per heavy atom. The van der Waals surface area contributed by atoms with E-state index in [-0.39, 0.29) is 22.5 Å². The Morgan fingerprint density at radius 1 is 1.00 bits per heavy atom. The zero-order chi connectivity index (χ0) is 25.2. The van der Waals surface area contributed by atoms with Crippen LogP contribution in [0.1, 0.15) is 5.69 Å². The number of hydrogen-bond acceptors (Lipinski definition) is 7. The molecular formula is C25H23N3O6S. The fraction of sp³-hybridized carbons (Fsp3) is 0.160. The van der Waals surface area contributed by atoms with Gasteiger partial charge in [0.1, 0.15) is 28.6 Å². The fourth-order valence-electron chi connectivity index (χ4n) is 3.61. The number of nitrogens with one attached hydrogen (secondary N) is 1. The van der Waals surface area contributed by atoms with Crippen LogP contribution in [-0.2, 0) is 21.2 Å². The summed E-state index contributed by atoms with van der Waals surface area (Å²) in [5, 5.41) is 2.85. The third-order valence-corrected chi connectivity index (χ3v) is 7.08. The van der Waals surface area contributed by atoms with E-state index in [1.165, 1.54) is 43.2 Å². The molecule has 0 saturated carbocycles. The lowest BCUT2D eigenvalue weighted by Gasteiger charge is -2.14. The number of aryl methyl sites for hydroxylation is 1. The summed E-state index contributed by atoms with van der Waals surface area (Å²) in [6, 6.07) is 15.7. The van der Waals surface area contributed by atoms with Gasteiger partial charge in [-0.05, 0) is 31.2 Å². The number of nitrogens with zero attached hydrogens (tertiary/aromatic N) is 2. The van der Waals surface area contributed by atoms with Gasteiger partial charge in [-0.1, -0.05) is 18.2 Å². The summed E-state index contributed by atoms with van der Waals surface area (Å²) in [6.07, 6.45) is 1.17. The number of carbonyl (C=O) groups excluding carboxylic acids is 1. The second-order valence-electron chi connectivity index (χ2n) is 7.74. The molecule has 0 aliphatic heterocycles. The van der Waals surface area contributed by atoms with Gasteiger partial charge in [-0.15, -0.1) is 0 Å². The predicted octanol–water partition coefficient (Wildman–Crippen LogP) is 3.19. The van der Waals surface area contributed by atoms with Crippen molar-refractivity contribution >= 4 is 32.5 Å². The van der Waals surface area contributed by atoms with Gasteiger partial charge in [0.2, 0.25) is 21.2 Å². The van der Waals surface area contributed by atoms with Crippen LogP contribution in [0.4, 0.5) is 5.69 Å². The molecule has 180 valence electrons. The van der Waals surface area contributed by atoms with E-state index in [1.54, 1.807) is 49.4 Å². The highest BCUT2D eigenvalue weighted by atomic mass is 32.2. The highest BCUT2D eigenvalue weighted by molar-refractivity contribution is 7.91. The van der Waals surface area contributed by atoms with Crippen LogP contribution in [0, 0.1) is 6.92 Å². The average Bonchev–Trinajstić information content (AvgIpc) is 2.85. The standard InChI is InChI=1S/C25H23N3O6S/c1-16-9-10-21-24(30)22(35(31,32)20-7-5-4-6-8-20)14-28(25(21)26-16)15-23(29)27-17-11-18(33-2)13-19(12-17)34-3/h4-14H,15H2,1-3H3,(H,27,29). The van der Waals surface area contributed by atoms with Crippen molar-refractivity contribution in [1.29, 1.82) is 0 Å². The fourth-order valence-corrected chi connectivity index (χ4v) is 5.00. The molecule has 0 saturated heterocycles. The van der Waals surface area contributed by atoms with E-state index in [9.17, 15) is 18.0 Å². The molecule has 0 aliphatic carbocycles. The third-order valence-electron chi connectivity index (χ3n) is 5.32. The number of amides is 1. The maximum absolute atomic E-state index is 13.3. The van der Waals surface area contributed by atoms with Crippen molar-refractivity contribution in [1.82, 2.24) is 9.55 Å². The molecule has 2 aromatic carbocycles. The van der Waals surface area contributed by atoms with E-state index in [0.717, 1.165) is 0 Å². The summed E-state index contributed by atoms with van der Waals surface area (Å²) < 4.78 is 38.4. The van der Waals surface area contributed by atoms with Crippen LogP contribution in [0.15, 0.2) is 81.4 Å². The number of aromatic nitrogens is 2. The first-order chi connectivity index (χ1) is 16.7. The minimum atomic E-state index is -4.13. The first-order valence-corrected chi connectivity index (χ1v) is 12.0. The van der Waals surface area contributed by atoms with E-state index < -0.39 is 26.1 Å². The van der Waals surface area contributed by atoms with Crippen LogP contribution in [0.5, 0.6) is 11.5 Å². The number of hydrogen-bond donors (Lipinski definition) is 1. The van der Waals surface area contributed by atoms with Crippen LogP contribution in [0.3, 0.4) is 0 Å². The van der Waals surface area contributed by atoms with Crippen LogP contribution in [-0.4, -0.2) is 38.1 Å². The Morgan fingerprint density at radius 3 is 2.29 bits per heavy atom. The first kappa shape index (κ1) is 24.0. The summed E-state index contributed by atoms with van der Waals surface area (Å²) in [4.78, 5) is 30.1. The molecule has 0 spiro atoms. The zero-order valence-corrected chi connectivity index (χ0v) is 20.1. The van der Waals surface area contributed by atoms with Crippen molar-refractivity contribution in [3.63, 3.8) is 0 Å². The molecule has 9 nitrogen and oxygen atoms in total. The topological polar surface area (TPSA) is 117 Å². The number of fused-ring (bicyclic) bond motifs is 1. The number of rotatable bonds is 7. The lowest BCUT2D eigenvalue weighted by Crippen LogP contribution is -2.24. The summed E-state index contributed by atoms with van der Waals surface area (Å²) in [5.41, 5.74) is 0.575. The second-order valence-corrected chi connectivity index (χ2v) is 9.66. The minimum Gasteiger partial charge on any atom is -0.497 e. The van der Waals surface area contributed by atoms with Gasteiger partial charge in [0.25, 0.3) is 0 Å². The molecule has 0 radical (unpaired) electrons. The molecule has 10 heteroatoms. The molecule has 0 unspecified atom stereocenters. The number of sulfone groups is 1. The first-order valence-electron chi connectivity index (χ1n) is 10.6. The number of carbonyl (C=O) groups is 1. The summed E-state index contributed by atoms with van der Waals surface area (Å²) in [7, 11) is -1.14. The number of anilines is 1. The molecule has 2 heterocycles. The lowest BCUT2D eigenvalue weighted by molar-refractivity contribution is -0.116. The van der Waals surface area contributed by atoms with Crippen LogP contribution in [0.2, 0.25) is 0 Å². The van der Waals surface area contributed by atoms with Gasteiger partial charge in [0.15, 0.2) is 0 Å². The van der Waals surface area contributed by atoms with Crippen molar-refractivity contribution < 1.29 is 22.7 Å². The Hall–Kier alpha value is -4.18. The molecule has 1 N–H and O–H groups in total. The van der Waals surface area contributed by atoms with Crippen molar-refractivity contribution in [2.75, 3.05) is 19.5 Å². The van der Waals surface area contributed by atoms with Crippen LogP contribution < -0.4 is 20.2 Å². The predicted molar refractivity (Wildman–Crippen MR) is 131 cm³/mol. The summed E-state index contributed by atoms with van der Waals surface area (Å²) in [5.74, 6) is 0.514. The van der Waals surface area contributed by atoms with Gasteiger partial charge < -0.3 is 19.4 Å². The highest BCUT2D eigenvalue weighted by Gasteiger charge is 2.24. The van der Waals surface area contributed by atoms with Crippen molar-refractivity contribution in [3.8, 4) is 11.5 Å². The Kier molecular flexibility index (Phi) is 6.57. The quantitative estimate of drug-likeness (QED) is 0.420. The number of methoxy groups -OCH3 is 2. The van der Waals surface area contributed by atoms with E-state index in [1.807, 2.05) is 0 Å². The van der Waals surface area contributed by atoms with Gasteiger partial charge in [-0.2, -0.15) is 0 Å². The second kappa shape index (κ2) is 9.59. The number of pyridine rings is 2. The van der Waals surface area contributed by atoms with E-state index >= 15 is 0 Å². The molecule has 1 amide bonds. The monoisotopic (exact) mass is 493 g/mol. The third kappa shape index (κ3) is 4.87. The Bertz CT molecular complexity index is 1560.